The lowest BCUT2D eigenvalue weighted by atomic mass is 10.1. The number of aliphatic hydroxyl groups excluding tert-OH is 1. The molecule has 0 amide bonds. The van der Waals surface area contributed by atoms with Crippen LogP contribution in [0.3, 0.4) is 0 Å². The van der Waals surface area contributed by atoms with Crippen LogP contribution in [0.4, 0.5) is 0 Å². The number of rotatable bonds is 4. The van der Waals surface area contributed by atoms with Gasteiger partial charge in [0.05, 0.1) is 25.0 Å². The fourth-order valence-corrected chi connectivity index (χ4v) is 2.27. The predicted octanol–water partition coefficient (Wildman–Crippen LogP) is 1.61. The van der Waals surface area contributed by atoms with E-state index in [4.69, 9.17) is 4.74 Å². The lowest BCUT2D eigenvalue weighted by molar-refractivity contribution is 0.0600. The smallest absolute Gasteiger partial charge is 0.337 e. The van der Waals surface area contributed by atoms with Crippen molar-refractivity contribution in [1.29, 1.82) is 0 Å². The van der Waals surface area contributed by atoms with Crippen LogP contribution in [0.15, 0.2) is 48.8 Å². The van der Waals surface area contributed by atoms with E-state index >= 15 is 0 Å². The predicted molar refractivity (Wildman–Crippen MR) is 81.9 cm³/mol. The summed E-state index contributed by atoms with van der Waals surface area (Å²) in [7, 11) is 1.33. The summed E-state index contributed by atoms with van der Waals surface area (Å²) in [6.07, 6.45) is 3.33. The largest absolute Gasteiger partial charge is 0.465 e. The maximum atomic E-state index is 11.7. The van der Waals surface area contributed by atoms with Crippen LogP contribution in [0.25, 0.3) is 16.9 Å². The van der Waals surface area contributed by atoms with E-state index in [0.29, 0.717) is 22.6 Å². The Morgan fingerprint density at radius 2 is 2.17 bits per heavy atom. The SMILES string of the molecule is COC(=O)c1cccc(-n2nnc(CO)c2-c2cccnc2)c1. The Balaban J connectivity index is 2.15. The van der Waals surface area contributed by atoms with Gasteiger partial charge in [0.15, 0.2) is 0 Å². The molecule has 0 spiro atoms. The molecule has 0 bridgehead atoms. The van der Waals surface area contributed by atoms with E-state index in [1.807, 2.05) is 6.07 Å². The highest BCUT2D eigenvalue weighted by molar-refractivity contribution is 5.90. The van der Waals surface area contributed by atoms with E-state index in [1.165, 1.54) is 7.11 Å². The Bertz CT molecular complexity index is 830. The maximum absolute atomic E-state index is 11.7. The summed E-state index contributed by atoms with van der Waals surface area (Å²) >= 11 is 0. The molecule has 3 aromatic rings. The minimum Gasteiger partial charge on any atom is -0.465 e. The molecule has 0 radical (unpaired) electrons. The van der Waals surface area contributed by atoms with Gasteiger partial charge in [0.1, 0.15) is 11.4 Å². The van der Waals surface area contributed by atoms with Gasteiger partial charge in [0, 0.05) is 18.0 Å². The van der Waals surface area contributed by atoms with Gasteiger partial charge in [-0.15, -0.1) is 5.10 Å². The average molecular weight is 310 g/mol. The van der Waals surface area contributed by atoms with Crippen molar-refractivity contribution in [2.75, 3.05) is 7.11 Å². The summed E-state index contributed by atoms with van der Waals surface area (Å²) in [5.41, 5.74) is 2.87. The normalized spacial score (nSPS) is 10.5. The van der Waals surface area contributed by atoms with Crippen molar-refractivity contribution in [2.24, 2.45) is 0 Å². The number of benzene rings is 1. The van der Waals surface area contributed by atoms with Crippen LogP contribution in [0.1, 0.15) is 16.1 Å². The first-order valence-electron chi connectivity index (χ1n) is 6.89. The van der Waals surface area contributed by atoms with Crippen molar-refractivity contribution in [1.82, 2.24) is 20.0 Å². The number of hydrogen-bond acceptors (Lipinski definition) is 6. The molecule has 2 aromatic heterocycles. The molecule has 0 aliphatic heterocycles. The zero-order valence-electron chi connectivity index (χ0n) is 12.4. The number of hydrogen-bond donors (Lipinski definition) is 1. The molecular formula is C16H14N4O3. The fourth-order valence-electron chi connectivity index (χ4n) is 2.27. The monoisotopic (exact) mass is 310 g/mol. The van der Waals surface area contributed by atoms with Gasteiger partial charge in [-0.25, -0.2) is 9.48 Å². The Morgan fingerprint density at radius 3 is 2.87 bits per heavy atom. The van der Waals surface area contributed by atoms with Crippen LogP contribution in [0.5, 0.6) is 0 Å². The van der Waals surface area contributed by atoms with Gasteiger partial charge < -0.3 is 9.84 Å². The lowest BCUT2D eigenvalue weighted by Gasteiger charge is -2.08. The second-order valence-corrected chi connectivity index (χ2v) is 4.74. The molecule has 0 saturated heterocycles. The summed E-state index contributed by atoms with van der Waals surface area (Å²) in [5, 5.41) is 17.6. The number of aliphatic hydroxyl groups is 1. The molecule has 0 fully saturated rings. The van der Waals surface area contributed by atoms with Crippen LogP contribution >= 0.6 is 0 Å². The second kappa shape index (κ2) is 6.37. The Morgan fingerprint density at radius 1 is 1.30 bits per heavy atom. The number of methoxy groups -OCH3 is 1. The second-order valence-electron chi connectivity index (χ2n) is 4.74. The first kappa shape index (κ1) is 14.9. The fraction of sp³-hybridized carbons (Fsp3) is 0.125. The van der Waals surface area contributed by atoms with Crippen LogP contribution in [0, 0.1) is 0 Å². The van der Waals surface area contributed by atoms with Crippen molar-refractivity contribution >= 4 is 5.97 Å². The van der Waals surface area contributed by atoms with Gasteiger partial charge in [-0.1, -0.05) is 11.3 Å². The van der Waals surface area contributed by atoms with Gasteiger partial charge in [-0.3, -0.25) is 4.98 Å². The molecule has 1 aromatic carbocycles. The summed E-state index contributed by atoms with van der Waals surface area (Å²) in [6.45, 7) is -0.249. The third-order valence-electron chi connectivity index (χ3n) is 3.34. The maximum Gasteiger partial charge on any atom is 0.337 e. The molecule has 23 heavy (non-hydrogen) atoms. The highest BCUT2D eigenvalue weighted by Crippen LogP contribution is 2.25. The highest BCUT2D eigenvalue weighted by atomic mass is 16.5. The van der Waals surface area contributed by atoms with Crippen LogP contribution in [-0.4, -0.2) is 38.2 Å². The third kappa shape index (κ3) is 2.82. The van der Waals surface area contributed by atoms with E-state index in [2.05, 4.69) is 15.3 Å². The number of pyridine rings is 1. The molecule has 7 nitrogen and oxygen atoms in total. The highest BCUT2D eigenvalue weighted by Gasteiger charge is 2.17. The molecule has 0 aliphatic carbocycles. The van der Waals surface area contributed by atoms with E-state index in [-0.39, 0.29) is 6.61 Å². The lowest BCUT2D eigenvalue weighted by Crippen LogP contribution is -2.05. The minimum atomic E-state index is -0.433. The van der Waals surface area contributed by atoms with Gasteiger partial charge in [0.2, 0.25) is 0 Å². The molecule has 3 rings (SSSR count). The molecule has 116 valence electrons. The Hall–Kier alpha value is -3.06. The summed E-state index contributed by atoms with van der Waals surface area (Å²) in [5.74, 6) is -0.433. The van der Waals surface area contributed by atoms with Crippen LogP contribution in [-0.2, 0) is 11.3 Å². The van der Waals surface area contributed by atoms with Crippen LogP contribution < -0.4 is 0 Å². The van der Waals surface area contributed by atoms with Crippen molar-refractivity contribution < 1.29 is 14.6 Å². The minimum absolute atomic E-state index is 0.249. The van der Waals surface area contributed by atoms with Gasteiger partial charge in [-0.05, 0) is 30.3 Å². The van der Waals surface area contributed by atoms with Gasteiger partial charge >= 0.3 is 5.97 Å². The molecule has 1 N–H and O–H groups in total. The van der Waals surface area contributed by atoms with Crippen molar-refractivity contribution in [3.8, 4) is 16.9 Å². The molecular weight excluding hydrogens is 296 g/mol. The zero-order valence-corrected chi connectivity index (χ0v) is 12.4. The molecule has 0 saturated carbocycles. The van der Waals surface area contributed by atoms with Gasteiger partial charge in [-0.2, -0.15) is 0 Å². The number of carbonyl (C=O) groups excluding carboxylic acids is 1. The average Bonchev–Trinajstić information content (AvgIpc) is 3.06. The van der Waals surface area contributed by atoms with E-state index < -0.39 is 5.97 Å². The van der Waals surface area contributed by atoms with Crippen molar-refractivity contribution in [3.63, 3.8) is 0 Å². The molecule has 2 heterocycles. The van der Waals surface area contributed by atoms with E-state index in [9.17, 15) is 9.90 Å². The topological polar surface area (TPSA) is 90.1 Å². The van der Waals surface area contributed by atoms with Crippen molar-refractivity contribution in [2.45, 2.75) is 6.61 Å². The molecule has 7 heteroatoms. The van der Waals surface area contributed by atoms with Gasteiger partial charge in [0.25, 0.3) is 0 Å². The summed E-state index contributed by atoms with van der Waals surface area (Å²) in [6, 6.07) is 10.5. The summed E-state index contributed by atoms with van der Waals surface area (Å²) < 4.78 is 6.30. The number of esters is 1. The number of nitrogens with zero attached hydrogens (tertiary/aromatic N) is 4. The van der Waals surface area contributed by atoms with Crippen molar-refractivity contribution in [3.05, 3.63) is 60.0 Å². The number of aromatic nitrogens is 4. The molecule has 0 aliphatic rings. The third-order valence-corrected chi connectivity index (χ3v) is 3.34. The van der Waals surface area contributed by atoms with Crippen LogP contribution in [0.2, 0.25) is 0 Å². The molecule has 0 atom stereocenters. The Kier molecular flexibility index (Phi) is 4.11. The van der Waals surface area contributed by atoms with E-state index in [0.717, 1.165) is 5.56 Å². The number of ether oxygens (including phenoxy) is 1. The first-order valence-corrected chi connectivity index (χ1v) is 6.89. The number of carbonyl (C=O) groups is 1. The zero-order chi connectivity index (χ0) is 16.2. The van der Waals surface area contributed by atoms with E-state index in [1.54, 1.807) is 47.4 Å². The molecule has 0 unspecified atom stereocenters. The summed E-state index contributed by atoms with van der Waals surface area (Å²) in [4.78, 5) is 15.8. The quantitative estimate of drug-likeness (QED) is 0.736. The standard InChI is InChI=1S/C16H14N4O3/c1-23-16(22)11-4-2-6-13(8-11)20-15(14(10-21)18-19-20)12-5-3-7-17-9-12/h2-9,21H,10H2,1H3. The Labute approximate surface area is 132 Å². The first-order chi connectivity index (χ1) is 11.2.